The Morgan fingerprint density at radius 2 is 1.75 bits per heavy atom. The number of aryl methyl sites for hydroxylation is 3. The molecule has 1 N–H and O–H groups in total. The van der Waals surface area contributed by atoms with Crippen molar-refractivity contribution in [1.29, 1.82) is 0 Å². The molecule has 1 atom stereocenters. The number of benzene rings is 1. The monoisotopic (exact) mass is 216 g/mol. The summed E-state index contributed by atoms with van der Waals surface area (Å²) in [5, 5.41) is 10.1. The van der Waals surface area contributed by atoms with Gasteiger partial charge in [0.05, 0.1) is 0 Å². The van der Waals surface area contributed by atoms with Crippen LogP contribution in [0.4, 0.5) is 0 Å². The highest BCUT2D eigenvalue weighted by Gasteiger charge is 2.14. The Morgan fingerprint density at radius 1 is 1.00 bits per heavy atom. The van der Waals surface area contributed by atoms with Crippen molar-refractivity contribution >= 4 is 0 Å². The van der Waals surface area contributed by atoms with Crippen molar-refractivity contribution in [1.82, 2.24) is 0 Å². The second kappa shape index (κ2) is 4.14. The van der Waals surface area contributed by atoms with Crippen LogP contribution in [0, 0.1) is 20.8 Å². The molecule has 1 aromatic carbocycles. The summed E-state index contributed by atoms with van der Waals surface area (Å²) >= 11 is 0. The first kappa shape index (κ1) is 11.0. The molecular weight excluding hydrogens is 200 g/mol. The topological polar surface area (TPSA) is 33.4 Å². The van der Waals surface area contributed by atoms with Crippen molar-refractivity contribution in [3.63, 3.8) is 0 Å². The van der Waals surface area contributed by atoms with E-state index in [1.54, 1.807) is 0 Å². The third-order valence-corrected chi connectivity index (χ3v) is 2.88. The van der Waals surface area contributed by atoms with Gasteiger partial charge in [-0.15, -0.1) is 0 Å². The summed E-state index contributed by atoms with van der Waals surface area (Å²) in [5.41, 5.74) is 3.28. The maximum Gasteiger partial charge on any atom is 0.137 e. The Balaban J connectivity index is 2.33. The molecule has 2 aromatic rings. The van der Waals surface area contributed by atoms with Crippen molar-refractivity contribution in [2.75, 3.05) is 0 Å². The fourth-order valence-electron chi connectivity index (χ4n) is 1.70. The van der Waals surface area contributed by atoms with Gasteiger partial charge in [-0.1, -0.05) is 18.2 Å². The van der Waals surface area contributed by atoms with Crippen LogP contribution in [-0.4, -0.2) is 5.11 Å². The zero-order valence-electron chi connectivity index (χ0n) is 9.82. The Morgan fingerprint density at radius 3 is 2.31 bits per heavy atom. The molecule has 2 heteroatoms. The van der Waals surface area contributed by atoms with Crippen molar-refractivity contribution in [2.24, 2.45) is 0 Å². The molecule has 0 fully saturated rings. The molecule has 1 aromatic heterocycles. The maximum atomic E-state index is 10.1. The minimum atomic E-state index is -0.673. The molecular formula is C14H16O2. The summed E-state index contributed by atoms with van der Waals surface area (Å²) in [5.74, 6) is 1.42. The van der Waals surface area contributed by atoms with E-state index in [-0.39, 0.29) is 0 Å². The van der Waals surface area contributed by atoms with Gasteiger partial charge in [-0.05, 0) is 49.6 Å². The quantitative estimate of drug-likeness (QED) is 0.835. The van der Waals surface area contributed by atoms with E-state index in [1.807, 2.05) is 44.2 Å². The highest BCUT2D eigenvalue weighted by Crippen LogP contribution is 2.25. The SMILES string of the molecule is Cc1ccc(C(O)c2ccc(C)c(C)c2)o1. The second-order valence-corrected chi connectivity index (χ2v) is 4.19. The highest BCUT2D eigenvalue weighted by molar-refractivity contribution is 5.33. The first-order valence-corrected chi connectivity index (χ1v) is 5.39. The van der Waals surface area contributed by atoms with E-state index in [0.29, 0.717) is 5.76 Å². The fourth-order valence-corrected chi connectivity index (χ4v) is 1.70. The molecule has 1 unspecified atom stereocenters. The summed E-state index contributed by atoms with van der Waals surface area (Å²) in [4.78, 5) is 0. The molecule has 0 saturated heterocycles. The molecule has 0 amide bonds. The third kappa shape index (κ3) is 2.02. The van der Waals surface area contributed by atoms with Crippen LogP contribution < -0.4 is 0 Å². The van der Waals surface area contributed by atoms with Gasteiger partial charge in [-0.2, -0.15) is 0 Å². The van der Waals surface area contributed by atoms with Crippen LogP contribution in [0.1, 0.15) is 34.3 Å². The number of aliphatic hydroxyl groups excluding tert-OH is 1. The van der Waals surface area contributed by atoms with Gasteiger partial charge >= 0.3 is 0 Å². The van der Waals surface area contributed by atoms with E-state index in [4.69, 9.17) is 4.42 Å². The van der Waals surface area contributed by atoms with Gasteiger partial charge in [-0.3, -0.25) is 0 Å². The van der Waals surface area contributed by atoms with Crippen molar-refractivity contribution in [2.45, 2.75) is 26.9 Å². The lowest BCUT2D eigenvalue weighted by molar-refractivity contribution is 0.187. The van der Waals surface area contributed by atoms with Crippen LogP contribution in [0.3, 0.4) is 0 Å². The van der Waals surface area contributed by atoms with E-state index < -0.39 is 6.10 Å². The molecule has 0 radical (unpaired) electrons. The van der Waals surface area contributed by atoms with Gasteiger partial charge in [0.2, 0.25) is 0 Å². The smallest absolute Gasteiger partial charge is 0.137 e. The predicted molar refractivity (Wildman–Crippen MR) is 63.4 cm³/mol. The number of hydrogen-bond donors (Lipinski definition) is 1. The minimum Gasteiger partial charge on any atom is -0.463 e. The lowest BCUT2D eigenvalue weighted by Crippen LogP contribution is -1.98. The number of furan rings is 1. The average molecular weight is 216 g/mol. The molecule has 0 bridgehead atoms. The first-order valence-electron chi connectivity index (χ1n) is 5.39. The standard InChI is InChI=1S/C14H16O2/c1-9-4-6-12(8-10(9)2)14(15)13-7-5-11(3)16-13/h4-8,14-15H,1-3H3. The lowest BCUT2D eigenvalue weighted by Gasteiger charge is -2.10. The van der Waals surface area contributed by atoms with Crippen LogP contribution in [0.25, 0.3) is 0 Å². The molecule has 1 heterocycles. The summed E-state index contributed by atoms with van der Waals surface area (Å²) in [6, 6.07) is 9.63. The third-order valence-electron chi connectivity index (χ3n) is 2.88. The molecule has 0 aliphatic rings. The van der Waals surface area contributed by atoms with Crippen molar-refractivity contribution in [3.8, 4) is 0 Å². The number of rotatable bonds is 2. The van der Waals surface area contributed by atoms with E-state index in [1.165, 1.54) is 11.1 Å². The molecule has 0 saturated carbocycles. The largest absolute Gasteiger partial charge is 0.463 e. The molecule has 2 rings (SSSR count). The average Bonchev–Trinajstić information content (AvgIpc) is 2.68. The second-order valence-electron chi connectivity index (χ2n) is 4.19. The Kier molecular flexibility index (Phi) is 2.84. The van der Waals surface area contributed by atoms with Gasteiger partial charge in [0.25, 0.3) is 0 Å². The predicted octanol–water partition coefficient (Wildman–Crippen LogP) is 3.29. The van der Waals surface area contributed by atoms with Gasteiger partial charge in [0.15, 0.2) is 0 Å². The lowest BCUT2D eigenvalue weighted by atomic mass is 10.0. The van der Waals surface area contributed by atoms with Crippen molar-refractivity contribution < 1.29 is 9.52 Å². The van der Waals surface area contributed by atoms with Crippen LogP contribution in [0.2, 0.25) is 0 Å². The summed E-state index contributed by atoms with van der Waals surface area (Å²) in [7, 11) is 0. The summed E-state index contributed by atoms with van der Waals surface area (Å²) < 4.78 is 5.42. The van der Waals surface area contributed by atoms with Crippen LogP contribution in [0.15, 0.2) is 34.7 Å². The van der Waals surface area contributed by atoms with E-state index in [9.17, 15) is 5.11 Å². The summed E-state index contributed by atoms with van der Waals surface area (Å²) in [6.45, 7) is 5.97. The van der Waals surface area contributed by atoms with E-state index in [0.717, 1.165) is 11.3 Å². The molecule has 16 heavy (non-hydrogen) atoms. The van der Waals surface area contributed by atoms with E-state index >= 15 is 0 Å². The molecule has 0 aliphatic heterocycles. The Hall–Kier alpha value is -1.54. The zero-order chi connectivity index (χ0) is 11.7. The number of aliphatic hydroxyl groups is 1. The van der Waals surface area contributed by atoms with Gasteiger partial charge in [0.1, 0.15) is 17.6 Å². The normalized spacial score (nSPS) is 12.8. The molecule has 2 nitrogen and oxygen atoms in total. The Bertz CT molecular complexity index is 497. The first-order chi connectivity index (χ1) is 7.58. The number of hydrogen-bond acceptors (Lipinski definition) is 2. The van der Waals surface area contributed by atoms with Crippen LogP contribution in [-0.2, 0) is 0 Å². The van der Waals surface area contributed by atoms with Crippen LogP contribution >= 0.6 is 0 Å². The molecule has 0 spiro atoms. The van der Waals surface area contributed by atoms with Gasteiger partial charge < -0.3 is 9.52 Å². The summed E-state index contributed by atoms with van der Waals surface area (Å²) in [6.07, 6.45) is -0.673. The van der Waals surface area contributed by atoms with Gasteiger partial charge in [0, 0.05) is 0 Å². The highest BCUT2D eigenvalue weighted by atomic mass is 16.4. The fraction of sp³-hybridized carbons (Fsp3) is 0.286. The zero-order valence-corrected chi connectivity index (χ0v) is 9.82. The van der Waals surface area contributed by atoms with Gasteiger partial charge in [-0.25, -0.2) is 0 Å². The van der Waals surface area contributed by atoms with Crippen molar-refractivity contribution in [3.05, 3.63) is 58.5 Å². The van der Waals surface area contributed by atoms with E-state index in [2.05, 4.69) is 6.92 Å². The minimum absolute atomic E-state index is 0.598. The Labute approximate surface area is 95.5 Å². The molecule has 84 valence electrons. The molecule has 0 aliphatic carbocycles. The van der Waals surface area contributed by atoms with Crippen LogP contribution in [0.5, 0.6) is 0 Å². The maximum absolute atomic E-state index is 10.1.